The minimum Gasteiger partial charge on any atom is -0.321 e. The van der Waals surface area contributed by atoms with Crippen molar-refractivity contribution in [2.45, 2.75) is 6.92 Å². The number of aromatic nitrogens is 3. The number of rotatable bonds is 3. The van der Waals surface area contributed by atoms with Gasteiger partial charge in [-0.3, -0.25) is 9.78 Å². The first-order valence-electron chi connectivity index (χ1n) is 8.07. The highest BCUT2D eigenvalue weighted by Crippen LogP contribution is 2.28. The van der Waals surface area contributed by atoms with E-state index in [1.807, 2.05) is 60.1 Å². The van der Waals surface area contributed by atoms with Gasteiger partial charge in [0.05, 0.1) is 16.9 Å². The summed E-state index contributed by atoms with van der Waals surface area (Å²) in [6.45, 7) is 2.03. The van der Waals surface area contributed by atoms with Crippen molar-refractivity contribution in [3.05, 3.63) is 82.9 Å². The molecular weight excluding hydrogens is 392 g/mol. The van der Waals surface area contributed by atoms with Crippen LogP contribution in [-0.2, 0) is 0 Å². The normalized spacial score (nSPS) is 10.8. The molecule has 26 heavy (non-hydrogen) atoms. The number of imidazole rings is 1. The van der Waals surface area contributed by atoms with Crippen LogP contribution in [0.5, 0.6) is 0 Å². The van der Waals surface area contributed by atoms with Gasteiger partial charge < -0.3 is 9.72 Å². The number of carbonyl (C=O) groups excluding carboxylic acids is 1. The number of amides is 1. The zero-order valence-electron chi connectivity index (χ0n) is 14.0. The average molecular weight is 407 g/mol. The fourth-order valence-corrected chi connectivity index (χ4v) is 3.19. The van der Waals surface area contributed by atoms with E-state index in [1.165, 1.54) is 6.20 Å². The summed E-state index contributed by atoms with van der Waals surface area (Å²) in [5, 5.41) is 2.96. The Labute approximate surface area is 158 Å². The Balaban J connectivity index is 1.72. The van der Waals surface area contributed by atoms with Crippen molar-refractivity contribution >= 4 is 33.2 Å². The second-order valence-electron chi connectivity index (χ2n) is 5.94. The number of aryl methyl sites for hydroxylation is 1. The molecule has 128 valence electrons. The fraction of sp³-hybridized carbons (Fsp3) is 0.0500. The van der Waals surface area contributed by atoms with Crippen LogP contribution < -0.4 is 5.32 Å². The van der Waals surface area contributed by atoms with Gasteiger partial charge in [0.25, 0.3) is 5.91 Å². The Morgan fingerprint density at radius 3 is 2.81 bits per heavy atom. The van der Waals surface area contributed by atoms with Gasteiger partial charge in [0.1, 0.15) is 5.65 Å². The topological polar surface area (TPSA) is 59.3 Å². The van der Waals surface area contributed by atoms with E-state index in [4.69, 9.17) is 4.98 Å². The molecule has 1 aromatic carbocycles. The van der Waals surface area contributed by atoms with Crippen LogP contribution in [0.15, 0.2) is 71.7 Å². The van der Waals surface area contributed by atoms with Crippen LogP contribution in [0.3, 0.4) is 0 Å². The second kappa shape index (κ2) is 6.72. The minimum absolute atomic E-state index is 0.216. The number of hydrogen-bond donors (Lipinski definition) is 1. The van der Waals surface area contributed by atoms with Gasteiger partial charge >= 0.3 is 0 Å². The smallest absolute Gasteiger partial charge is 0.257 e. The van der Waals surface area contributed by atoms with Gasteiger partial charge in [0.2, 0.25) is 0 Å². The van der Waals surface area contributed by atoms with E-state index in [0.29, 0.717) is 11.3 Å². The Morgan fingerprint density at radius 1 is 1.15 bits per heavy atom. The molecule has 1 amide bonds. The molecule has 0 atom stereocenters. The standard InChI is InChI=1S/C20H15BrN4O/c1-13-5-4-8-25-12-18(23-19(13)25)16-6-2-3-7-17(16)24-20(26)14-9-15(21)11-22-10-14/h2-12H,1H3,(H,24,26). The van der Waals surface area contributed by atoms with E-state index in [9.17, 15) is 4.79 Å². The number of para-hydroxylation sites is 1. The van der Waals surface area contributed by atoms with E-state index in [2.05, 4.69) is 26.2 Å². The predicted octanol–water partition coefficient (Wildman–Crippen LogP) is 4.72. The van der Waals surface area contributed by atoms with Crippen molar-refractivity contribution in [3.63, 3.8) is 0 Å². The monoisotopic (exact) mass is 406 g/mol. The first kappa shape index (κ1) is 16.5. The minimum atomic E-state index is -0.216. The van der Waals surface area contributed by atoms with Crippen LogP contribution in [0.25, 0.3) is 16.9 Å². The molecule has 0 saturated heterocycles. The molecule has 4 rings (SSSR count). The maximum absolute atomic E-state index is 12.6. The summed E-state index contributed by atoms with van der Waals surface area (Å²) in [5.41, 5.74) is 4.87. The fourth-order valence-electron chi connectivity index (χ4n) is 2.83. The van der Waals surface area contributed by atoms with Crippen LogP contribution in [0.2, 0.25) is 0 Å². The molecule has 0 bridgehead atoms. The van der Waals surface area contributed by atoms with Gasteiger partial charge in [0.15, 0.2) is 0 Å². The van der Waals surface area contributed by atoms with Gasteiger partial charge in [-0.15, -0.1) is 0 Å². The number of fused-ring (bicyclic) bond motifs is 1. The molecule has 0 aliphatic rings. The zero-order valence-corrected chi connectivity index (χ0v) is 15.6. The Morgan fingerprint density at radius 2 is 2.00 bits per heavy atom. The van der Waals surface area contributed by atoms with E-state index < -0.39 is 0 Å². The molecule has 3 heterocycles. The Hall–Kier alpha value is -2.99. The molecule has 0 aliphatic carbocycles. The summed E-state index contributed by atoms with van der Waals surface area (Å²) in [6.07, 6.45) is 7.11. The lowest BCUT2D eigenvalue weighted by atomic mass is 10.1. The third-order valence-electron chi connectivity index (χ3n) is 4.10. The summed E-state index contributed by atoms with van der Waals surface area (Å²) in [7, 11) is 0. The lowest BCUT2D eigenvalue weighted by molar-refractivity contribution is 0.102. The molecule has 4 aromatic rings. The number of halogens is 1. The van der Waals surface area contributed by atoms with Crippen LogP contribution in [-0.4, -0.2) is 20.3 Å². The maximum Gasteiger partial charge on any atom is 0.257 e. The summed E-state index contributed by atoms with van der Waals surface area (Å²) < 4.78 is 2.75. The molecule has 1 N–H and O–H groups in total. The van der Waals surface area contributed by atoms with E-state index in [1.54, 1.807) is 12.3 Å². The largest absolute Gasteiger partial charge is 0.321 e. The van der Waals surface area contributed by atoms with Gasteiger partial charge in [-0.1, -0.05) is 24.3 Å². The first-order valence-corrected chi connectivity index (χ1v) is 8.87. The van der Waals surface area contributed by atoms with Crippen LogP contribution in [0, 0.1) is 6.92 Å². The van der Waals surface area contributed by atoms with E-state index in [-0.39, 0.29) is 5.91 Å². The highest BCUT2D eigenvalue weighted by atomic mass is 79.9. The summed E-state index contributed by atoms with van der Waals surface area (Å²) in [4.78, 5) is 21.4. The summed E-state index contributed by atoms with van der Waals surface area (Å²) in [5.74, 6) is -0.216. The quantitative estimate of drug-likeness (QED) is 0.535. The van der Waals surface area contributed by atoms with Gasteiger partial charge in [-0.25, -0.2) is 4.98 Å². The van der Waals surface area contributed by atoms with E-state index >= 15 is 0 Å². The highest BCUT2D eigenvalue weighted by Gasteiger charge is 2.13. The number of benzene rings is 1. The molecule has 6 heteroatoms. The van der Waals surface area contributed by atoms with Gasteiger partial charge in [0, 0.05) is 34.8 Å². The number of anilines is 1. The summed E-state index contributed by atoms with van der Waals surface area (Å²) in [6, 6.07) is 13.4. The van der Waals surface area contributed by atoms with Crippen LogP contribution in [0.1, 0.15) is 15.9 Å². The summed E-state index contributed by atoms with van der Waals surface area (Å²) >= 11 is 3.34. The Bertz CT molecular complexity index is 1120. The van der Waals surface area contributed by atoms with Crippen molar-refractivity contribution < 1.29 is 4.79 Å². The average Bonchev–Trinajstić information content (AvgIpc) is 3.08. The van der Waals surface area contributed by atoms with Crippen LogP contribution in [0.4, 0.5) is 5.69 Å². The van der Waals surface area contributed by atoms with Crippen LogP contribution >= 0.6 is 15.9 Å². The Kier molecular flexibility index (Phi) is 4.26. The lowest BCUT2D eigenvalue weighted by Gasteiger charge is -2.09. The predicted molar refractivity (Wildman–Crippen MR) is 105 cm³/mol. The number of hydrogen-bond acceptors (Lipinski definition) is 3. The lowest BCUT2D eigenvalue weighted by Crippen LogP contribution is -2.13. The van der Waals surface area contributed by atoms with Gasteiger partial charge in [-0.2, -0.15) is 0 Å². The van der Waals surface area contributed by atoms with E-state index in [0.717, 1.165) is 26.9 Å². The SMILES string of the molecule is Cc1cccn2cc(-c3ccccc3NC(=O)c3cncc(Br)c3)nc12. The molecule has 0 fully saturated rings. The molecule has 3 aromatic heterocycles. The second-order valence-corrected chi connectivity index (χ2v) is 6.86. The first-order chi connectivity index (χ1) is 12.6. The van der Waals surface area contributed by atoms with Crippen molar-refractivity contribution in [1.29, 1.82) is 0 Å². The third-order valence-corrected chi connectivity index (χ3v) is 4.53. The van der Waals surface area contributed by atoms with Crippen molar-refractivity contribution in [2.24, 2.45) is 0 Å². The zero-order chi connectivity index (χ0) is 18.1. The number of carbonyl (C=O) groups is 1. The number of pyridine rings is 2. The molecule has 0 unspecified atom stereocenters. The molecule has 0 aliphatic heterocycles. The maximum atomic E-state index is 12.6. The molecule has 0 spiro atoms. The van der Waals surface area contributed by atoms with Crippen molar-refractivity contribution in [2.75, 3.05) is 5.32 Å². The molecular formula is C20H15BrN4O. The number of nitrogens with one attached hydrogen (secondary N) is 1. The molecule has 5 nitrogen and oxygen atoms in total. The molecule has 0 saturated carbocycles. The van der Waals surface area contributed by atoms with Gasteiger partial charge in [-0.05, 0) is 46.6 Å². The third kappa shape index (κ3) is 3.11. The van der Waals surface area contributed by atoms with Crippen molar-refractivity contribution in [1.82, 2.24) is 14.4 Å². The van der Waals surface area contributed by atoms with Crippen molar-refractivity contribution in [3.8, 4) is 11.3 Å². The molecule has 0 radical (unpaired) electrons. The number of nitrogens with zero attached hydrogens (tertiary/aromatic N) is 3. The highest BCUT2D eigenvalue weighted by molar-refractivity contribution is 9.10.